The van der Waals surface area contributed by atoms with E-state index in [4.69, 9.17) is 4.74 Å². The van der Waals surface area contributed by atoms with Crippen LogP contribution in [0.4, 0.5) is 5.95 Å². The molecule has 1 aliphatic rings. The van der Waals surface area contributed by atoms with Crippen molar-refractivity contribution < 1.29 is 4.74 Å². The van der Waals surface area contributed by atoms with E-state index in [0.29, 0.717) is 6.04 Å². The average molecular weight is 269 g/mol. The third-order valence-corrected chi connectivity index (χ3v) is 4.25. The minimum absolute atomic E-state index is 0.592. The molecule has 0 aromatic carbocycles. The number of nitrogens with one attached hydrogen (secondary N) is 1. The van der Waals surface area contributed by atoms with E-state index >= 15 is 0 Å². The molecule has 4 nitrogen and oxygen atoms in total. The number of nitrogens with zero attached hydrogens (tertiary/aromatic N) is 2. The number of rotatable bonds is 6. The second kappa shape index (κ2) is 7.04. The molecule has 1 fully saturated rings. The van der Waals surface area contributed by atoms with Gasteiger partial charge in [0.15, 0.2) is 0 Å². The fraction of sp³-hybridized carbons (Fsp3) is 0.769. The number of imidazole rings is 1. The number of hydrogen-bond acceptors (Lipinski definition) is 4. The smallest absolute Gasteiger partial charge is 0.203 e. The van der Waals surface area contributed by atoms with E-state index in [2.05, 4.69) is 39.8 Å². The average Bonchev–Trinajstić information content (AvgIpc) is 2.71. The highest BCUT2D eigenvalue weighted by molar-refractivity contribution is 7.99. The van der Waals surface area contributed by atoms with Crippen molar-refractivity contribution in [3.05, 3.63) is 11.9 Å². The molecule has 0 radical (unpaired) electrons. The molecule has 102 valence electrons. The molecule has 0 amide bonds. The molecular weight excluding hydrogens is 246 g/mol. The monoisotopic (exact) mass is 269 g/mol. The fourth-order valence-corrected chi connectivity index (χ4v) is 3.34. The molecule has 0 bridgehead atoms. The highest BCUT2D eigenvalue weighted by Crippen LogP contribution is 2.21. The van der Waals surface area contributed by atoms with Gasteiger partial charge in [0, 0.05) is 32.5 Å². The largest absolute Gasteiger partial charge is 0.385 e. The van der Waals surface area contributed by atoms with E-state index in [1.54, 1.807) is 7.11 Å². The van der Waals surface area contributed by atoms with Crippen molar-refractivity contribution in [2.45, 2.75) is 38.8 Å². The van der Waals surface area contributed by atoms with E-state index in [1.807, 2.05) is 0 Å². The van der Waals surface area contributed by atoms with Gasteiger partial charge in [0.05, 0.1) is 5.69 Å². The SMILES string of the molecule is COCCCn1cc(C)nc1NC1CCSCC1. The van der Waals surface area contributed by atoms with Crippen molar-refractivity contribution in [3.63, 3.8) is 0 Å². The summed E-state index contributed by atoms with van der Waals surface area (Å²) in [5, 5.41) is 3.59. The maximum absolute atomic E-state index is 5.10. The van der Waals surface area contributed by atoms with Crippen molar-refractivity contribution >= 4 is 17.7 Å². The Morgan fingerprint density at radius 2 is 2.28 bits per heavy atom. The summed E-state index contributed by atoms with van der Waals surface area (Å²) in [5.41, 5.74) is 1.08. The van der Waals surface area contributed by atoms with Crippen molar-refractivity contribution in [2.75, 3.05) is 30.5 Å². The Balaban J connectivity index is 1.93. The molecule has 0 atom stereocenters. The van der Waals surface area contributed by atoms with Gasteiger partial charge in [0.25, 0.3) is 0 Å². The Hall–Kier alpha value is -0.680. The van der Waals surface area contributed by atoms with Gasteiger partial charge >= 0.3 is 0 Å². The summed E-state index contributed by atoms with van der Waals surface area (Å²) in [6.07, 6.45) is 5.64. The van der Waals surface area contributed by atoms with Crippen LogP contribution in [0.3, 0.4) is 0 Å². The summed E-state index contributed by atoms with van der Waals surface area (Å²) in [5.74, 6) is 3.56. The lowest BCUT2D eigenvalue weighted by Crippen LogP contribution is -2.26. The van der Waals surface area contributed by atoms with Crippen LogP contribution in [0.25, 0.3) is 0 Å². The molecule has 1 N–H and O–H groups in total. The van der Waals surface area contributed by atoms with E-state index in [1.165, 1.54) is 24.3 Å². The lowest BCUT2D eigenvalue weighted by Gasteiger charge is -2.23. The standard InChI is InChI=1S/C13H23N3OS/c1-11-10-16(6-3-7-17-2)13(14-11)15-12-4-8-18-9-5-12/h10,12H,3-9H2,1-2H3,(H,14,15). The number of thioether (sulfide) groups is 1. The highest BCUT2D eigenvalue weighted by Gasteiger charge is 2.15. The Kier molecular flexibility index (Phi) is 5.38. The van der Waals surface area contributed by atoms with Crippen LogP contribution in [-0.4, -0.2) is 40.8 Å². The number of anilines is 1. The zero-order valence-corrected chi connectivity index (χ0v) is 12.1. The summed E-state index contributed by atoms with van der Waals surface area (Å²) in [6.45, 7) is 3.82. The maximum atomic E-state index is 5.10. The Labute approximate surface area is 114 Å². The van der Waals surface area contributed by atoms with Crippen LogP contribution in [0, 0.1) is 6.92 Å². The van der Waals surface area contributed by atoms with E-state index in [0.717, 1.165) is 31.2 Å². The first kappa shape index (κ1) is 13.7. The van der Waals surface area contributed by atoms with Gasteiger partial charge in [-0.3, -0.25) is 0 Å². The van der Waals surface area contributed by atoms with E-state index < -0.39 is 0 Å². The van der Waals surface area contributed by atoms with Gasteiger partial charge < -0.3 is 14.6 Å². The molecule has 1 aliphatic heterocycles. The molecule has 1 saturated heterocycles. The molecule has 0 aliphatic carbocycles. The lowest BCUT2D eigenvalue weighted by atomic mass is 10.2. The number of aryl methyl sites for hydroxylation is 2. The van der Waals surface area contributed by atoms with Crippen molar-refractivity contribution in [3.8, 4) is 0 Å². The van der Waals surface area contributed by atoms with Gasteiger partial charge in [-0.15, -0.1) is 0 Å². The molecule has 2 rings (SSSR count). The second-order valence-corrected chi connectivity index (χ2v) is 6.00. The summed E-state index contributed by atoms with van der Waals surface area (Å²) in [4.78, 5) is 4.59. The van der Waals surface area contributed by atoms with Gasteiger partial charge in [-0.25, -0.2) is 4.98 Å². The highest BCUT2D eigenvalue weighted by atomic mass is 32.2. The van der Waals surface area contributed by atoms with Gasteiger partial charge in [-0.2, -0.15) is 11.8 Å². The summed E-state index contributed by atoms with van der Waals surface area (Å²) >= 11 is 2.05. The molecule has 0 spiro atoms. The Morgan fingerprint density at radius 1 is 1.50 bits per heavy atom. The Bertz CT molecular complexity index is 361. The second-order valence-electron chi connectivity index (χ2n) is 4.78. The van der Waals surface area contributed by atoms with Gasteiger partial charge in [-0.1, -0.05) is 0 Å². The van der Waals surface area contributed by atoms with E-state index in [9.17, 15) is 0 Å². The number of aromatic nitrogens is 2. The topological polar surface area (TPSA) is 39.1 Å². The summed E-state index contributed by atoms with van der Waals surface area (Å²) in [6, 6.07) is 0.592. The number of methoxy groups -OCH3 is 1. The lowest BCUT2D eigenvalue weighted by molar-refractivity contribution is 0.190. The summed E-state index contributed by atoms with van der Waals surface area (Å²) in [7, 11) is 1.75. The number of ether oxygens (including phenoxy) is 1. The predicted molar refractivity (Wildman–Crippen MR) is 77.4 cm³/mol. The third-order valence-electron chi connectivity index (χ3n) is 3.20. The first-order valence-electron chi connectivity index (χ1n) is 6.66. The third kappa shape index (κ3) is 3.92. The van der Waals surface area contributed by atoms with Crippen LogP contribution in [-0.2, 0) is 11.3 Å². The van der Waals surface area contributed by atoms with Crippen LogP contribution in [0.5, 0.6) is 0 Å². The molecule has 1 aromatic heterocycles. The van der Waals surface area contributed by atoms with Crippen LogP contribution in [0.1, 0.15) is 25.0 Å². The quantitative estimate of drug-likeness (QED) is 0.806. The maximum Gasteiger partial charge on any atom is 0.203 e. The van der Waals surface area contributed by atoms with Gasteiger partial charge in [0.2, 0.25) is 5.95 Å². The molecule has 5 heteroatoms. The van der Waals surface area contributed by atoms with Crippen molar-refractivity contribution in [2.24, 2.45) is 0 Å². The normalized spacial score (nSPS) is 17.0. The first-order chi connectivity index (χ1) is 8.79. The van der Waals surface area contributed by atoms with Crippen molar-refractivity contribution in [1.82, 2.24) is 9.55 Å². The molecule has 2 heterocycles. The Morgan fingerprint density at radius 3 is 3.00 bits per heavy atom. The summed E-state index contributed by atoms with van der Waals surface area (Å²) < 4.78 is 7.32. The van der Waals surface area contributed by atoms with Crippen molar-refractivity contribution in [1.29, 1.82) is 0 Å². The predicted octanol–water partition coefficient (Wildman–Crippen LogP) is 2.54. The van der Waals surface area contributed by atoms with Crippen LogP contribution >= 0.6 is 11.8 Å². The minimum Gasteiger partial charge on any atom is -0.385 e. The molecule has 18 heavy (non-hydrogen) atoms. The van der Waals surface area contributed by atoms with Gasteiger partial charge in [-0.05, 0) is 37.7 Å². The van der Waals surface area contributed by atoms with Gasteiger partial charge in [0.1, 0.15) is 0 Å². The molecule has 1 aromatic rings. The van der Waals surface area contributed by atoms with Crippen LogP contribution in [0.2, 0.25) is 0 Å². The molecular formula is C13H23N3OS. The van der Waals surface area contributed by atoms with Crippen LogP contribution in [0.15, 0.2) is 6.20 Å². The first-order valence-corrected chi connectivity index (χ1v) is 7.82. The number of hydrogen-bond donors (Lipinski definition) is 1. The fourth-order valence-electron chi connectivity index (χ4n) is 2.24. The zero-order valence-electron chi connectivity index (χ0n) is 11.3. The zero-order chi connectivity index (χ0) is 12.8. The van der Waals surface area contributed by atoms with Crippen LogP contribution < -0.4 is 5.32 Å². The van der Waals surface area contributed by atoms with E-state index in [-0.39, 0.29) is 0 Å². The minimum atomic E-state index is 0.592. The molecule has 0 unspecified atom stereocenters. The molecule has 0 saturated carbocycles.